The average Bonchev–Trinajstić information content (AvgIpc) is 3.12. The van der Waals surface area contributed by atoms with Gasteiger partial charge in [0.2, 0.25) is 0 Å². The SMILES string of the molecule is N#Cc1ccc(Cc2cncnc2)c(C#N)c1-c1cc2ccccc2o1. The van der Waals surface area contributed by atoms with Crippen molar-refractivity contribution in [1.29, 1.82) is 10.5 Å². The molecule has 0 radical (unpaired) electrons. The van der Waals surface area contributed by atoms with Crippen molar-refractivity contribution < 1.29 is 4.42 Å². The molecule has 0 aliphatic carbocycles. The lowest BCUT2D eigenvalue weighted by molar-refractivity contribution is 0.631. The van der Waals surface area contributed by atoms with Crippen molar-refractivity contribution in [3.63, 3.8) is 0 Å². The van der Waals surface area contributed by atoms with Gasteiger partial charge in [0.05, 0.1) is 22.8 Å². The van der Waals surface area contributed by atoms with Crippen LogP contribution in [0.3, 0.4) is 0 Å². The Labute approximate surface area is 149 Å². The molecule has 5 nitrogen and oxygen atoms in total. The molecule has 2 aromatic carbocycles. The van der Waals surface area contributed by atoms with Crippen molar-refractivity contribution in [3.8, 4) is 23.5 Å². The van der Waals surface area contributed by atoms with Gasteiger partial charge < -0.3 is 4.42 Å². The van der Waals surface area contributed by atoms with E-state index < -0.39 is 0 Å². The Morgan fingerprint density at radius 2 is 1.77 bits per heavy atom. The monoisotopic (exact) mass is 336 g/mol. The second-order valence-electron chi connectivity index (χ2n) is 5.82. The van der Waals surface area contributed by atoms with E-state index in [2.05, 4.69) is 22.1 Å². The molecule has 0 spiro atoms. The Balaban J connectivity index is 1.91. The van der Waals surface area contributed by atoms with Gasteiger partial charge in [-0.05, 0) is 29.3 Å². The van der Waals surface area contributed by atoms with Crippen LogP contribution in [0.5, 0.6) is 0 Å². The zero-order valence-electron chi connectivity index (χ0n) is 13.7. The summed E-state index contributed by atoms with van der Waals surface area (Å²) in [5.74, 6) is 0.519. The van der Waals surface area contributed by atoms with Gasteiger partial charge in [-0.25, -0.2) is 9.97 Å². The van der Waals surface area contributed by atoms with Crippen LogP contribution in [0, 0.1) is 22.7 Å². The van der Waals surface area contributed by atoms with E-state index >= 15 is 0 Å². The number of para-hydroxylation sites is 1. The lowest BCUT2D eigenvalue weighted by atomic mass is 9.92. The fourth-order valence-corrected chi connectivity index (χ4v) is 3.02. The van der Waals surface area contributed by atoms with Gasteiger partial charge in [0, 0.05) is 24.2 Å². The van der Waals surface area contributed by atoms with Crippen LogP contribution in [0.4, 0.5) is 0 Å². The predicted octanol–water partition coefficient (Wildman–Crippen LogP) is 4.22. The molecule has 0 saturated carbocycles. The number of rotatable bonds is 3. The molecule has 0 aliphatic heterocycles. The van der Waals surface area contributed by atoms with E-state index in [4.69, 9.17) is 4.42 Å². The molecule has 2 aromatic heterocycles. The number of fused-ring (bicyclic) bond motifs is 1. The van der Waals surface area contributed by atoms with Crippen LogP contribution >= 0.6 is 0 Å². The normalized spacial score (nSPS) is 10.4. The van der Waals surface area contributed by atoms with E-state index in [0.717, 1.165) is 22.1 Å². The van der Waals surface area contributed by atoms with Gasteiger partial charge in [-0.2, -0.15) is 10.5 Å². The molecular formula is C21H12N4O. The third kappa shape index (κ3) is 2.68. The number of nitrogens with zero attached hydrogens (tertiary/aromatic N) is 4. The fraction of sp³-hybridized carbons (Fsp3) is 0.0476. The van der Waals surface area contributed by atoms with E-state index in [1.165, 1.54) is 6.33 Å². The van der Waals surface area contributed by atoms with Crippen molar-refractivity contribution in [2.45, 2.75) is 6.42 Å². The van der Waals surface area contributed by atoms with Crippen molar-refractivity contribution in [2.24, 2.45) is 0 Å². The third-order valence-corrected chi connectivity index (χ3v) is 4.20. The Morgan fingerprint density at radius 3 is 2.50 bits per heavy atom. The van der Waals surface area contributed by atoms with Crippen molar-refractivity contribution in [2.75, 3.05) is 0 Å². The van der Waals surface area contributed by atoms with Crippen LogP contribution in [0.25, 0.3) is 22.3 Å². The van der Waals surface area contributed by atoms with Gasteiger partial charge in [0.25, 0.3) is 0 Å². The molecule has 0 amide bonds. The highest BCUT2D eigenvalue weighted by Crippen LogP contribution is 2.34. The molecule has 0 aliphatic rings. The second-order valence-corrected chi connectivity index (χ2v) is 5.82. The first-order valence-corrected chi connectivity index (χ1v) is 7.99. The lowest BCUT2D eigenvalue weighted by Gasteiger charge is -2.09. The zero-order chi connectivity index (χ0) is 17.9. The topological polar surface area (TPSA) is 86.5 Å². The zero-order valence-corrected chi connectivity index (χ0v) is 13.7. The predicted molar refractivity (Wildman–Crippen MR) is 95.9 cm³/mol. The van der Waals surface area contributed by atoms with Gasteiger partial charge in [0.15, 0.2) is 0 Å². The summed E-state index contributed by atoms with van der Waals surface area (Å²) in [6.45, 7) is 0. The minimum atomic E-state index is 0.411. The van der Waals surface area contributed by atoms with Crippen LogP contribution in [-0.2, 0) is 6.42 Å². The number of hydrogen-bond acceptors (Lipinski definition) is 5. The van der Waals surface area contributed by atoms with Crippen LogP contribution in [0.2, 0.25) is 0 Å². The highest BCUT2D eigenvalue weighted by Gasteiger charge is 2.19. The molecule has 4 aromatic rings. The standard InChI is InChI=1S/C21H12N4O/c22-9-17-6-5-15(7-14-11-24-13-25-12-14)18(10-23)21(17)20-8-16-3-1-2-4-19(16)26-20/h1-6,8,11-13H,7H2. The molecule has 122 valence electrons. The smallest absolute Gasteiger partial charge is 0.138 e. The highest BCUT2D eigenvalue weighted by molar-refractivity contribution is 5.86. The van der Waals surface area contributed by atoms with Crippen LogP contribution in [0.1, 0.15) is 22.3 Å². The van der Waals surface area contributed by atoms with E-state index in [1.807, 2.05) is 30.3 Å². The van der Waals surface area contributed by atoms with Crippen LogP contribution in [-0.4, -0.2) is 9.97 Å². The largest absolute Gasteiger partial charge is 0.456 e. The van der Waals surface area contributed by atoms with Gasteiger partial charge >= 0.3 is 0 Å². The molecule has 0 fully saturated rings. The van der Waals surface area contributed by atoms with E-state index in [0.29, 0.717) is 28.9 Å². The van der Waals surface area contributed by atoms with Crippen LogP contribution < -0.4 is 0 Å². The molecule has 0 atom stereocenters. The number of hydrogen-bond donors (Lipinski definition) is 0. The molecular weight excluding hydrogens is 324 g/mol. The molecule has 2 heterocycles. The Morgan fingerprint density at radius 1 is 0.962 bits per heavy atom. The molecule has 4 rings (SSSR count). The molecule has 0 unspecified atom stereocenters. The summed E-state index contributed by atoms with van der Waals surface area (Å²) in [7, 11) is 0. The highest BCUT2D eigenvalue weighted by atomic mass is 16.3. The molecule has 5 heteroatoms. The Kier molecular flexibility index (Phi) is 3.89. The summed E-state index contributed by atoms with van der Waals surface area (Å²) in [6.07, 6.45) is 5.40. The maximum absolute atomic E-state index is 9.80. The van der Waals surface area contributed by atoms with Crippen molar-refractivity contribution in [3.05, 3.63) is 83.4 Å². The summed E-state index contributed by atoms with van der Waals surface area (Å²) >= 11 is 0. The summed E-state index contributed by atoms with van der Waals surface area (Å²) in [5.41, 5.74) is 3.79. The minimum absolute atomic E-state index is 0.411. The van der Waals surface area contributed by atoms with Crippen molar-refractivity contribution >= 4 is 11.0 Å². The summed E-state index contributed by atoms with van der Waals surface area (Å²) in [5, 5.41) is 20.3. The van der Waals surface area contributed by atoms with Crippen molar-refractivity contribution in [1.82, 2.24) is 9.97 Å². The summed E-state index contributed by atoms with van der Waals surface area (Å²) in [4.78, 5) is 8.03. The van der Waals surface area contributed by atoms with Gasteiger partial charge in [-0.3, -0.25) is 0 Å². The minimum Gasteiger partial charge on any atom is -0.456 e. The van der Waals surface area contributed by atoms with E-state index in [9.17, 15) is 10.5 Å². The summed E-state index contributed by atoms with van der Waals surface area (Å²) in [6, 6.07) is 17.4. The number of aromatic nitrogens is 2. The molecule has 0 bridgehead atoms. The van der Waals surface area contributed by atoms with Crippen LogP contribution in [0.15, 0.2) is 65.6 Å². The first-order chi connectivity index (χ1) is 12.8. The first-order valence-electron chi connectivity index (χ1n) is 7.99. The van der Waals surface area contributed by atoms with Gasteiger partial charge in [-0.1, -0.05) is 24.3 Å². The number of nitriles is 2. The lowest BCUT2D eigenvalue weighted by Crippen LogP contribution is -1.98. The number of benzene rings is 2. The Hall–Kier alpha value is -3.96. The van der Waals surface area contributed by atoms with Gasteiger partial charge in [0.1, 0.15) is 23.7 Å². The second kappa shape index (κ2) is 6.51. The van der Waals surface area contributed by atoms with E-state index in [1.54, 1.807) is 24.5 Å². The first kappa shape index (κ1) is 15.6. The molecule has 26 heavy (non-hydrogen) atoms. The molecule has 0 saturated heterocycles. The number of furan rings is 1. The maximum Gasteiger partial charge on any atom is 0.138 e. The average molecular weight is 336 g/mol. The Bertz CT molecular complexity index is 1150. The maximum atomic E-state index is 9.80. The third-order valence-electron chi connectivity index (χ3n) is 4.20. The quantitative estimate of drug-likeness (QED) is 0.559. The fourth-order valence-electron chi connectivity index (χ4n) is 3.02. The van der Waals surface area contributed by atoms with Gasteiger partial charge in [-0.15, -0.1) is 0 Å². The van der Waals surface area contributed by atoms with E-state index in [-0.39, 0.29) is 0 Å². The summed E-state index contributed by atoms with van der Waals surface area (Å²) < 4.78 is 5.92. The molecule has 0 N–H and O–H groups in total.